The Labute approximate surface area is 178 Å². The number of ether oxygens (including phenoxy) is 5. The number of methoxy groups -OCH3 is 2. The van der Waals surface area contributed by atoms with E-state index in [0.717, 1.165) is 27.1 Å². The van der Waals surface area contributed by atoms with E-state index in [4.69, 9.17) is 23.7 Å². The zero-order chi connectivity index (χ0) is 20.4. The zero-order valence-corrected chi connectivity index (χ0v) is 17.9. The molecule has 1 saturated carbocycles. The third kappa shape index (κ3) is 4.13. The molecule has 0 radical (unpaired) electrons. The van der Waals surface area contributed by atoms with Crippen LogP contribution in [-0.4, -0.2) is 33.6 Å². The molecule has 0 bridgehead atoms. The van der Waals surface area contributed by atoms with Gasteiger partial charge in [-0.3, -0.25) is 4.79 Å². The second kappa shape index (κ2) is 8.73. The molecule has 7 heteroatoms. The summed E-state index contributed by atoms with van der Waals surface area (Å²) in [5.41, 5.74) is 2.04. The second-order valence-electron chi connectivity index (χ2n) is 7.25. The van der Waals surface area contributed by atoms with Crippen molar-refractivity contribution in [3.63, 3.8) is 0 Å². The van der Waals surface area contributed by atoms with Gasteiger partial charge in [0.15, 0.2) is 13.6 Å². The Bertz CT molecular complexity index is 882. The first-order valence-electron chi connectivity index (χ1n) is 9.46. The summed E-state index contributed by atoms with van der Waals surface area (Å²) >= 11 is 3.61. The van der Waals surface area contributed by atoms with Crippen LogP contribution in [0, 0.1) is 5.92 Å². The largest absolute Gasteiger partial charge is 0.484 e. The minimum absolute atomic E-state index is 0.0883. The molecule has 0 unspecified atom stereocenters. The second-order valence-corrected chi connectivity index (χ2v) is 8.10. The number of halogens is 1. The molecule has 1 heterocycles. The smallest absolute Gasteiger partial charge is 0.188 e. The summed E-state index contributed by atoms with van der Waals surface area (Å²) in [5.74, 6) is 2.65. The average Bonchev–Trinajstić information content (AvgIpc) is 3.12. The maximum atomic E-state index is 12.4. The predicted octanol–water partition coefficient (Wildman–Crippen LogP) is 4.61. The van der Waals surface area contributed by atoms with Crippen LogP contribution in [0.1, 0.15) is 36.0 Å². The number of ketones is 1. The number of rotatable bonds is 7. The van der Waals surface area contributed by atoms with Crippen LogP contribution in [-0.2, 0) is 14.3 Å². The molecule has 2 aromatic carbocycles. The Kier molecular flexibility index (Phi) is 6.08. The van der Waals surface area contributed by atoms with Gasteiger partial charge in [-0.2, -0.15) is 0 Å². The van der Waals surface area contributed by atoms with Crippen molar-refractivity contribution in [3.8, 4) is 17.2 Å². The van der Waals surface area contributed by atoms with Gasteiger partial charge < -0.3 is 23.7 Å². The molecule has 154 valence electrons. The first-order chi connectivity index (χ1) is 14.1. The van der Waals surface area contributed by atoms with Gasteiger partial charge in [0.1, 0.15) is 29.1 Å². The van der Waals surface area contributed by atoms with Gasteiger partial charge >= 0.3 is 0 Å². The van der Waals surface area contributed by atoms with Crippen LogP contribution in [0.25, 0.3) is 0 Å². The molecule has 2 aliphatic rings. The third-order valence-electron chi connectivity index (χ3n) is 5.40. The number of hydrogen-bond donors (Lipinski definition) is 0. The van der Waals surface area contributed by atoms with Crippen LogP contribution in [0.3, 0.4) is 0 Å². The molecule has 1 aliphatic heterocycles. The van der Waals surface area contributed by atoms with Crippen LogP contribution in [0.2, 0.25) is 0 Å². The first kappa shape index (κ1) is 20.2. The minimum Gasteiger partial charge on any atom is -0.484 e. The van der Waals surface area contributed by atoms with E-state index in [2.05, 4.69) is 15.9 Å². The molecule has 2 aromatic rings. The predicted molar refractivity (Wildman–Crippen MR) is 109 cm³/mol. The van der Waals surface area contributed by atoms with Gasteiger partial charge in [-0.15, -0.1) is 0 Å². The van der Waals surface area contributed by atoms with Gasteiger partial charge in [-0.25, -0.2) is 0 Å². The van der Waals surface area contributed by atoms with Crippen LogP contribution < -0.4 is 14.2 Å². The molecule has 0 spiro atoms. The fraction of sp³-hybridized carbons (Fsp3) is 0.409. The number of hydrogen-bond acceptors (Lipinski definition) is 6. The van der Waals surface area contributed by atoms with Gasteiger partial charge in [0.25, 0.3) is 0 Å². The Morgan fingerprint density at radius 3 is 2.38 bits per heavy atom. The quantitative estimate of drug-likeness (QED) is 0.559. The Balaban J connectivity index is 1.66. The summed E-state index contributed by atoms with van der Waals surface area (Å²) in [6, 6.07) is 11.6. The molecule has 0 amide bonds. The molecule has 4 rings (SSSR count). The maximum Gasteiger partial charge on any atom is 0.188 e. The van der Waals surface area contributed by atoms with E-state index >= 15 is 0 Å². The van der Waals surface area contributed by atoms with E-state index in [-0.39, 0.29) is 37.3 Å². The molecular weight excluding hydrogens is 440 g/mol. The van der Waals surface area contributed by atoms with Gasteiger partial charge in [0, 0.05) is 44.5 Å². The summed E-state index contributed by atoms with van der Waals surface area (Å²) in [6.07, 6.45) is 0.835. The highest BCUT2D eigenvalue weighted by Gasteiger charge is 2.46. The molecule has 0 N–H and O–H groups in total. The Hall–Kier alpha value is -2.09. The van der Waals surface area contributed by atoms with E-state index in [1.54, 1.807) is 14.2 Å². The van der Waals surface area contributed by atoms with Crippen molar-refractivity contribution in [2.45, 2.75) is 24.9 Å². The lowest BCUT2D eigenvalue weighted by Gasteiger charge is -2.36. The van der Waals surface area contributed by atoms with Crippen LogP contribution >= 0.6 is 15.9 Å². The molecular formula is C22H23BrO6. The zero-order valence-electron chi connectivity index (χ0n) is 16.4. The van der Waals surface area contributed by atoms with Crippen molar-refractivity contribution in [1.29, 1.82) is 0 Å². The lowest BCUT2D eigenvalue weighted by molar-refractivity contribution is -0.117. The fourth-order valence-corrected chi connectivity index (χ4v) is 4.70. The number of carbonyl (C=O) groups is 1. The van der Waals surface area contributed by atoms with Gasteiger partial charge in [0.05, 0.1) is 4.47 Å². The average molecular weight is 463 g/mol. The normalized spacial score (nSPS) is 22.6. The number of carbonyl (C=O) groups excluding carboxylic acids is 1. The summed E-state index contributed by atoms with van der Waals surface area (Å²) in [5, 5.41) is 0. The Morgan fingerprint density at radius 2 is 1.69 bits per heavy atom. The van der Waals surface area contributed by atoms with Crippen molar-refractivity contribution >= 4 is 21.7 Å². The van der Waals surface area contributed by atoms with E-state index in [1.807, 2.05) is 36.4 Å². The Morgan fingerprint density at radius 1 is 1.00 bits per heavy atom. The third-order valence-corrected chi connectivity index (χ3v) is 5.99. The lowest BCUT2D eigenvalue weighted by atomic mass is 9.80. The van der Waals surface area contributed by atoms with Crippen molar-refractivity contribution < 1.29 is 28.5 Å². The molecule has 6 nitrogen and oxygen atoms in total. The highest BCUT2D eigenvalue weighted by atomic mass is 79.9. The summed E-state index contributed by atoms with van der Waals surface area (Å²) in [6.45, 7) is 0.367. The SMILES string of the molecule is COCOc1ccc([C@@H]2Oc3c(Br)cc(OCOC)cc3[C@@H]3CC(=O)C[C@@H]32)cc1. The fourth-order valence-electron chi connectivity index (χ4n) is 4.15. The van der Waals surface area contributed by atoms with Gasteiger partial charge in [-0.05, 0) is 45.8 Å². The number of fused-ring (bicyclic) bond motifs is 3. The van der Waals surface area contributed by atoms with Gasteiger partial charge in [-0.1, -0.05) is 12.1 Å². The highest BCUT2D eigenvalue weighted by molar-refractivity contribution is 9.10. The highest BCUT2D eigenvalue weighted by Crippen LogP contribution is 2.55. The van der Waals surface area contributed by atoms with E-state index in [9.17, 15) is 4.79 Å². The molecule has 3 atom stereocenters. The number of benzene rings is 2. The van der Waals surface area contributed by atoms with Crippen LogP contribution in [0.4, 0.5) is 0 Å². The van der Waals surface area contributed by atoms with E-state index in [0.29, 0.717) is 18.6 Å². The standard InChI is InChI=1S/C22H23BrO6/c1-25-11-27-15-5-3-13(4-6-15)21-18-8-14(24)7-17(18)19-9-16(28-12-26-2)10-20(23)22(19)29-21/h3-6,9-10,17-18,21H,7-8,11-12H2,1-2H3/t17-,18+,21+/m1/s1. The molecule has 1 fully saturated rings. The molecule has 1 aliphatic carbocycles. The molecule has 0 saturated heterocycles. The van der Waals surface area contributed by atoms with E-state index < -0.39 is 0 Å². The molecule has 0 aromatic heterocycles. The summed E-state index contributed by atoms with van der Waals surface area (Å²) in [7, 11) is 3.17. The van der Waals surface area contributed by atoms with Crippen molar-refractivity contribution in [2.24, 2.45) is 5.92 Å². The van der Waals surface area contributed by atoms with Crippen molar-refractivity contribution in [2.75, 3.05) is 27.8 Å². The minimum atomic E-state index is -0.197. The van der Waals surface area contributed by atoms with Crippen molar-refractivity contribution in [1.82, 2.24) is 0 Å². The summed E-state index contributed by atoms with van der Waals surface area (Å²) in [4.78, 5) is 12.4. The monoisotopic (exact) mass is 462 g/mol. The maximum absolute atomic E-state index is 12.4. The van der Waals surface area contributed by atoms with Crippen LogP contribution in [0.15, 0.2) is 40.9 Å². The van der Waals surface area contributed by atoms with Gasteiger partial charge in [0.2, 0.25) is 0 Å². The van der Waals surface area contributed by atoms with Crippen LogP contribution in [0.5, 0.6) is 17.2 Å². The number of Topliss-reactive ketones (excluding diaryl/α,β-unsaturated/α-hetero) is 1. The summed E-state index contributed by atoms with van der Waals surface area (Å²) < 4.78 is 28.3. The molecule has 29 heavy (non-hydrogen) atoms. The first-order valence-corrected chi connectivity index (χ1v) is 10.2. The van der Waals surface area contributed by atoms with E-state index in [1.165, 1.54) is 0 Å². The lowest BCUT2D eigenvalue weighted by Crippen LogP contribution is -2.27. The topological polar surface area (TPSA) is 63.2 Å². The van der Waals surface area contributed by atoms with Crippen molar-refractivity contribution in [3.05, 3.63) is 52.0 Å².